The van der Waals surface area contributed by atoms with Gasteiger partial charge >= 0.3 is 5.97 Å². The van der Waals surface area contributed by atoms with Crippen molar-refractivity contribution >= 4 is 17.6 Å². The highest BCUT2D eigenvalue weighted by atomic mass is 19.1. The Bertz CT molecular complexity index is 1210. The molecule has 2 aromatic rings. The number of hydrogen-bond acceptors (Lipinski definition) is 5. The van der Waals surface area contributed by atoms with Crippen molar-refractivity contribution in [3.8, 4) is 11.5 Å². The van der Waals surface area contributed by atoms with Crippen LogP contribution in [0.5, 0.6) is 0 Å². The third kappa shape index (κ3) is 3.51. The van der Waals surface area contributed by atoms with E-state index in [2.05, 4.69) is 10.2 Å². The van der Waals surface area contributed by atoms with Crippen LogP contribution in [0.3, 0.4) is 0 Å². The number of halogens is 1. The first-order valence-electron chi connectivity index (χ1n) is 13.4. The third-order valence-electron chi connectivity index (χ3n) is 10.1. The van der Waals surface area contributed by atoms with Gasteiger partial charge in [-0.2, -0.15) is 0 Å². The molecule has 7 saturated carbocycles. The highest BCUT2D eigenvalue weighted by molar-refractivity contribution is 5.96. The minimum atomic E-state index is -1.17. The van der Waals surface area contributed by atoms with E-state index in [1.807, 2.05) is 29.2 Å². The molecule has 7 nitrogen and oxygen atoms in total. The van der Waals surface area contributed by atoms with Crippen LogP contribution in [0.15, 0.2) is 28.7 Å². The first-order valence-corrected chi connectivity index (χ1v) is 13.4. The lowest BCUT2D eigenvalue weighted by Gasteiger charge is -2.53. The first-order chi connectivity index (χ1) is 17.3. The summed E-state index contributed by atoms with van der Waals surface area (Å²) in [4.78, 5) is 27.8. The van der Waals surface area contributed by atoms with Crippen molar-refractivity contribution in [2.24, 2.45) is 22.7 Å². The van der Waals surface area contributed by atoms with E-state index in [0.717, 1.165) is 43.4 Å². The van der Waals surface area contributed by atoms with Gasteiger partial charge in [0.25, 0.3) is 0 Å². The van der Waals surface area contributed by atoms with Crippen LogP contribution in [0.25, 0.3) is 11.5 Å². The van der Waals surface area contributed by atoms with Crippen LogP contribution < -0.4 is 4.90 Å². The molecule has 1 aromatic carbocycles. The summed E-state index contributed by atoms with van der Waals surface area (Å²) < 4.78 is 20.7. The van der Waals surface area contributed by atoms with E-state index in [9.17, 15) is 19.1 Å². The van der Waals surface area contributed by atoms with E-state index in [1.54, 1.807) is 0 Å². The lowest BCUT2D eigenvalue weighted by atomic mass is 9.53. The summed E-state index contributed by atoms with van der Waals surface area (Å²) in [6.45, 7) is 0.546. The molecule has 1 aromatic heterocycles. The van der Waals surface area contributed by atoms with Crippen molar-refractivity contribution in [1.82, 2.24) is 10.2 Å². The van der Waals surface area contributed by atoms with Gasteiger partial charge in [0, 0.05) is 29.6 Å². The maximum absolute atomic E-state index is 14.8. The van der Waals surface area contributed by atoms with Gasteiger partial charge < -0.3 is 14.4 Å². The van der Waals surface area contributed by atoms with Gasteiger partial charge in [-0.05, 0) is 100 Å². The molecule has 8 heteroatoms. The Labute approximate surface area is 209 Å². The zero-order valence-corrected chi connectivity index (χ0v) is 20.4. The number of fused-ring (bicyclic) bond motifs is 4. The second kappa shape index (κ2) is 7.62. The standard InChI is InChI=1S/C28H32FN3O4/c29-28-13-19(14-28)21(15-28)24(33)32(16-26-6-9-27(10-7-26,11-8-26)25(34)35)20-3-1-2-18(12-20)23-31-30-22(36-23)17-4-5-17/h1-3,12,17,19,21H,4-11,13-16H2,(H,34,35). The predicted molar refractivity (Wildman–Crippen MR) is 129 cm³/mol. The number of hydrogen-bond donors (Lipinski definition) is 1. The number of nitrogens with zero attached hydrogens (tertiary/aromatic N) is 3. The summed E-state index contributed by atoms with van der Waals surface area (Å²) in [5.41, 5.74) is -0.313. The van der Waals surface area contributed by atoms with E-state index >= 15 is 0 Å². The average Bonchev–Trinajstić information content (AvgIpc) is 3.36. The molecule has 0 spiro atoms. The summed E-state index contributed by atoms with van der Waals surface area (Å²) >= 11 is 0. The van der Waals surface area contributed by atoms with Crippen LogP contribution >= 0.6 is 0 Å². The van der Waals surface area contributed by atoms with Crippen molar-refractivity contribution in [2.45, 2.75) is 82.2 Å². The Morgan fingerprint density at radius 2 is 1.78 bits per heavy atom. The van der Waals surface area contributed by atoms with Crippen molar-refractivity contribution < 1.29 is 23.5 Å². The largest absolute Gasteiger partial charge is 0.481 e. The normalized spacial score (nSPS) is 36.5. The van der Waals surface area contributed by atoms with Gasteiger partial charge in [0.05, 0.1) is 5.41 Å². The quantitative estimate of drug-likeness (QED) is 0.546. The molecule has 1 atom stereocenters. The van der Waals surface area contributed by atoms with E-state index in [4.69, 9.17) is 4.42 Å². The second-order valence-electron chi connectivity index (χ2n) is 12.4. The molecule has 7 aliphatic rings. The minimum Gasteiger partial charge on any atom is -0.481 e. The van der Waals surface area contributed by atoms with Crippen LogP contribution in [-0.2, 0) is 9.59 Å². The zero-order valence-electron chi connectivity index (χ0n) is 20.4. The monoisotopic (exact) mass is 493 g/mol. The molecule has 0 aliphatic heterocycles. The number of carbonyl (C=O) groups is 2. The first kappa shape index (κ1) is 22.4. The number of amides is 1. The van der Waals surface area contributed by atoms with Crippen LogP contribution in [-0.4, -0.2) is 39.4 Å². The molecular formula is C28H32FN3O4. The van der Waals surface area contributed by atoms with Gasteiger partial charge in [-0.25, -0.2) is 4.39 Å². The Morgan fingerprint density at radius 1 is 1.06 bits per heavy atom. The lowest BCUT2D eigenvalue weighted by molar-refractivity contribution is -0.158. The fourth-order valence-corrected chi connectivity index (χ4v) is 7.49. The van der Waals surface area contributed by atoms with Gasteiger partial charge in [-0.3, -0.25) is 9.59 Å². The number of anilines is 1. The molecule has 190 valence electrons. The SMILES string of the molecule is O=C(C1CC2(F)CC1C2)N(CC12CCC(C(=O)O)(CC1)CC2)c1cccc(-c2nnc(C3CC3)o2)c1. The van der Waals surface area contributed by atoms with E-state index in [1.165, 1.54) is 0 Å². The molecule has 9 rings (SSSR count). The molecule has 1 unspecified atom stereocenters. The Morgan fingerprint density at radius 3 is 2.39 bits per heavy atom. The topological polar surface area (TPSA) is 96.5 Å². The lowest BCUT2D eigenvalue weighted by Crippen LogP contribution is -2.52. The van der Waals surface area contributed by atoms with Gasteiger partial charge in [0.15, 0.2) is 0 Å². The van der Waals surface area contributed by atoms with Crippen LogP contribution in [0.2, 0.25) is 0 Å². The molecule has 7 aliphatic carbocycles. The maximum Gasteiger partial charge on any atom is 0.309 e. The molecule has 1 amide bonds. The molecule has 1 N–H and O–H groups in total. The fraction of sp³-hybridized carbons (Fsp3) is 0.643. The second-order valence-corrected chi connectivity index (χ2v) is 12.4. The predicted octanol–water partition coefficient (Wildman–Crippen LogP) is 5.51. The third-order valence-corrected chi connectivity index (χ3v) is 10.1. The number of carboxylic acid groups (broad SMARTS) is 1. The smallest absolute Gasteiger partial charge is 0.309 e. The molecule has 7 fully saturated rings. The van der Waals surface area contributed by atoms with Gasteiger partial charge in [-0.15, -0.1) is 10.2 Å². The number of carboxylic acids is 1. The number of aromatic nitrogens is 2. The molecule has 0 radical (unpaired) electrons. The summed E-state index contributed by atoms with van der Waals surface area (Å²) in [5, 5.41) is 18.3. The fourth-order valence-electron chi connectivity index (χ4n) is 7.49. The molecule has 36 heavy (non-hydrogen) atoms. The van der Waals surface area contributed by atoms with Gasteiger partial charge in [0.1, 0.15) is 5.67 Å². The van der Waals surface area contributed by atoms with Crippen LogP contribution in [0.4, 0.5) is 10.1 Å². The van der Waals surface area contributed by atoms with Crippen LogP contribution in [0.1, 0.15) is 82.4 Å². The number of benzene rings is 1. The molecule has 1 heterocycles. The van der Waals surface area contributed by atoms with Crippen molar-refractivity contribution in [3.05, 3.63) is 30.2 Å². The van der Waals surface area contributed by atoms with Crippen molar-refractivity contribution in [3.63, 3.8) is 0 Å². The summed E-state index contributed by atoms with van der Waals surface area (Å²) in [6, 6.07) is 7.70. The van der Waals surface area contributed by atoms with E-state index in [0.29, 0.717) is 62.8 Å². The minimum absolute atomic E-state index is 0.00777. The number of rotatable bonds is 7. The van der Waals surface area contributed by atoms with Gasteiger partial charge in [0.2, 0.25) is 17.7 Å². The Balaban J connectivity index is 1.20. The summed E-state index contributed by atoms with van der Waals surface area (Å²) in [6.07, 6.45) is 7.86. The van der Waals surface area contributed by atoms with Crippen molar-refractivity contribution in [1.29, 1.82) is 0 Å². The van der Waals surface area contributed by atoms with Crippen LogP contribution in [0, 0.1) is 22.7 Å². The molecular weight excluding hydrogens is 461 g/mol. The summed E-state index contributed by atoms with van der Waals surface area (Å²) in [7, 11) is 0. The Hall–Kier alpha value is -2.77. The highest BCUT2D eigenvalue weighted by Gasteiger charge is 2.60. The van der Waals surface area contributed by atoms with Gasteiger partial charge in [-0.1, -0.05) is 6.07 Å². The van der Waals surface area contributed by atoms with E-state index < -0.39 is 17.1 Å². The molecule has 0 saturated heterocycles. The van der Waals surface area contributed by atoms with Crippen molar-refractivity contribution in [2.75, 3.05) is 11.4 Å². The average molecular weight is 494 g/mol. The number of aliphatic carboxylic acids is 1. The highest BCUT2D eigenvalue weighted by Crippen LogP contribution is 2.60. The zero-order chi connectivity index (χ0) is 24.7. The maximum atomic E-state index is 14.8. The Kier molecular flexibility index (Phi) is 4.75. The number of carbonyl (C=O) groups excluding carboxylic acids is 1. The van der Waals surface area contributed by atoms with E-state index in [-0.39, 0.29) is 23.2 Å². The molecule has 4 bridgehead atoms. The summed E-state index contributed by atoms with van der Waals surface area (Å²) in [5.74, 6) is 0.660. The number of alkyl halides is 1.